The van der Waals surface area contributed by atoms with Gasteiger partial charge >= 0.3 is 23.9 Å². The Hall–Kier alpha value is -2.52. The fourth-order valence-corrected chi connectivity index (χ4v) is 28.7. The van der Waals surface area contributed by atoms with Crippen LogP contribution in [0, 0.1) is 101 Å². The fraction of sp³-hybridized carbons (Fsp3) is 0.960. The molecule has 12 saturated heterocycles. The average Bonchev–Trinajstić information content (AvgIpc) is 1.44. The van der Waals surface area contributed by atoms with Gasteiger partial charge in [0.2, 0.25) is 0 Å². The maximum Gasteiger partial charge on any atom is 0.309 e. The summed E-state index contributed by atoms with van der Waals surface area (Å²) in [7, 11) is 0. The molecule has 0 radical (unpaired) electrons. The second-order valence-corrected chi connectivity index (χ2v) is 40.4. The molecule has 12 heterocycles. The van der Waals surface area contributed by atoms with Crippen molar-refractivity contribution in [2.45, 2.75) is 513 Å². The molecule has 18 nitrogen and oxygen atoms in total. The maximum atomic E-state index is 12.9. The van der Waals surface area contributed by atoms with E-state index in [2.05, 4.69) is 90.0 Å². The molecule has 0 aromatic rings. The summed E-state index contributed by atoms with van der Waals surface area (Å²) in [5.41, 5.74) is -2.11. The standard InChI is InChI=1S/C24H38O5.C24H40O5.C23H36O4.C21H34O4.8CH4/c1-4-17-21-19-10-14(23(28-19)22(21)18(5-2)27-17)9-16(25)11-20(26)29-24(3)12-13-6-7-15(24)8-13;1-6-16-20-18-12-15(22(28-18)21(20)17(7-2)27-16)23(5,26)13-19(25)29-24(14(3)4)10-8-9-11-24;1-4-16-20-18-10-14(22(26-18)21(20)17(5-2)25-16)11-19(24)27-23(6-3)12-13-7-8-15(23)9-13;1-4-14-18-16-12-13(20(24-16)19(18)15(5-2)23-14)8-9-17(22)25-21(3)10-6-7-11-21;;;;;;;;/h13-19,21-23,25H,4-12H2,1-3H3;14-18,20-22,26H,6-13H2,1-5H3;13-18,20-22H,4-12H2,1-3H3;13-16,18-20H,4-12H2,1-3H3;8*1H4. The van der Waals surface area contributed by atoms with Crippen LogP contribution in [-0.4, -0.2) is 166 Å². The summed E-state index contributed by atoms with van der Waals surface area (Å²) in [6.07, 6.45) is 37.7. The molecule has 36 atom stereocenters. The van der Waals surface area contributed by atoms with Crippen molar-refractivity contribution in [3.05, 3.63) is 0 Å². The molecule has 0 amide bonds. The number of ether oxygens (including phenoxy) is 12. The third kappa shape index (κ3) is 19.3. The van der Waals surface area contributed by atoms with Gasteiger partial charge in [0.05, 0.1) is 129 Å². The predicted molar refractivity (Wildman–Crippen MR) is 470 cm³/mol. The van der Waals surface area contributed by atoms with Gasteiger partial charge in [-0.2, -0.15) is 0 Å². The number of aliphatic hydroxyl groups is 2. The summed E-state index contributed by atoms with van der Waals surface area (Å²) in [4.78, 5) is 50.7. The van der Waals surface area contributed by atoms with Gasteiger partial charge < -0.3 is 67.1 Å². The quantitative estimate of drug-likeness (QED) is 0.0607. The summed E-state index contributed by atoms with van der Waals surface area (Å²) < 4.78 is 74.8. The van der Waals surface area contributed by atoms with E-state index in [1.54, 1.807) is 0 Å². The molecule has 18 heteroatoms. The van der Waals surface area contributed by atoms with Gasteiger partial charge in [-0.15, -0.1) is 0 Å². The van der Waals surface area contributed by atoms with Crippen LogP contribution < -0.4 is 0 Å². The summed E-state index contributed by atoms with van der Waals surface area (Å²) in [6.45, 7) is 30.1. The van der Waals surface area contributed by atoms with Gasteiger partial charge in [0.1, 0.15) is 22.4 Å². The van der Waals surface area contributed by atoms with E-state index in [-0.39, 0.29) is 173 Å². The zero-order chi connectivity index (χ0) is 77.7. The number of rotatable bonds is 26. The minimum atomic E-state index is -1.11. The summed E-state index contributed by atoms with van der Waals surface area (Å²) in [6, 6.07) is 0. The lowest BCUT2D eigenvalue weighted by Crippen LogP contribution is -2.49. The molecule has 12 aliphatic heterocycles. The molecule has 0 aromatic carbocycles. The molecule has 18 fully saturated rings. The van der Waals surface area contributed by atoms with E-state index in [1.165, 1.54) is 51.4 Å². The van der Waals surface area contributed by atoms with E-state index in [9.17, 15) is 29.4 Å². The molecule has 0 spiro atoms. The molecular weight excluding hydrogens is 1490 g/mol. The van der Waals surface area contributed by atoms with Crippen molar-refractivity contribution in [1.82, 2.24) is 0 Å². The Balaban J connectivity index is 0.000000213. The second kappa shape index (κ2) is 41.5. The van der Waals surface area contributed by atoms with Crippen molar-refractivity contribution in [3.63, 3.8) is 0 Å². The minimum Gasteiger partial charge on any atom is -0.459 e. The van der Waals surface area contributed by atoms with Crippen molar-refractivity contribution in [2.75, 3.05) is 0 Å². The van der Waals surface area contributed by atoms with Gasteiger partial charge in [0, 0.05) is 59.7 Å². The highest BCUT2D eigenvalue weighted by atomic mass is 16.6. The number of hydrogen-bond acceptors (Lipinski definition) is 18. The Morgan fingerprint density at radius 2 is 0.839 bits per heavy atom. The maximum absolute atomic E-state index is 12.9. The number of hydrogen-bond donors (Lipinski definition) is 2. The summed E-state index contributed by atoms with van der Waals surface area (Å²) in [5, 5.41) is 22.1. The highest BCUT2D eigenvalue weighted by molar-refractivity contribution is 5.72. The van der Waals surface area contributed by atoms with Crippen LogP contribution in [0.2, 0.25) is 0 Å². The summed E-state index contributed by atoms with van der Waals surface area (Å²) >= 11 is 0. The molecule has 6 saturated carbocycles. The largest absolute Gasteiger partial charge is 0.459 e. The van der Waals surface area contributed by atoms with Gasteiger partial charge in [-0.1, -0.05) is 136 Å². The lowest BCUT2D eigenvalue weighted by Gasteiger charge is -2.39. The molecule has 6 aliphatic carbocycles. The van der Waals surface area contributed by atoms with E-state index in [0.717, 1.165) is 153 Å². The molecule has 12 bridgehead atoms. The highest BCUT2D eigenvalue weighted by Crippen LogP contribution is 2.63. The number of aliphatic hydroxyl groups excluding tert-OH is 1. The van der Waals surface area contributed by atoms with Crippen molar-refractivity contribution in [2.24, 2.45) is 101 Å². The molecule has 18 rings (SSSR count). The molecular formula is C100H180O18. The zero-order valence-corrected chi connectivity index (χ0v) is 70.3. The van der Waals surface area contributed by atoms with E-state index >= 15 is 0 Å². The van der Waals surface area contributed by atoms with Crippen molar-refractivity contribution in [3.8, 4) is 0 Å². The van der Waals surface area contributed by atoms with Crippen LogP contribution in [-0.2, 0) is 76.0 Å². The van der Waals surface area contributed by atoms with E-state index < -0.39 is 11.7 Å². The molecule has 36 unspecified atom stereocenters. The number of fused-ring (bicyclic) bond motifs is 24. The van der Waals surface area contributed by atoms with E-state index in [0.29, 0.717) is 151 Å². The van der Waals surface area contributed by atoms with Gasteiger partial charge in [0.15, 0.2) is 0 Å². The lowest BCUT2D eigenvalue weighted by molar-refractivity contribution is -0.172. The van der Waals surface area contributed by atoms with Crippen LogP contribution in [0.5, 0.6) is 0 Å². The molecule has 2 N–H and O–H groups in total. The molecule has 688 valence electrons. The van der Waals surface area contributed by atoms with Gasteiger partial charge in [-0.05, 0) is 267 Å². The first-order valence-corrected chi connectivity index (χ1v) is 46.3. The van der Waals surface area contributed by atoms with Crippen molar-refractivity contribution < 1.29 is 86.2 Å². The summed E-state index contributed by atoms with van der Waals surface area (Å²) in [5.74, 6) is 7.53. The van der Waals surface area contributed by atoms with Crippen LogP contribution in [0.1, 0.15) is 381 Å². The molecule has 118 heavy (non-hydrogen) atoms. The number of carbonyl (C=O) groups excluding carboxylic acids is 4. The monoisotopic (exact) mass is 1670 g/mol. The number of esters is 4. The third-order valence-corrected chi connectivity index (χ3v) is 33.8. The third-order valence-electron chi connectivity index (χ3n) is 33.8. The van der Waals surface area contributed by atoms with Crippen LogP contribution in [0.25, 0.3) is 0 Å². The second-order valence-electron chi connectivity index (χ2n) is 40.4. The first-order valence-electron chi connectivity index (χ1n) is 46.3. The Morgan fingerprint density at radius 3 is 1.27 bits per heavy atom. The minimum absolute atomic E-state index is 0. The van der Waals surface area contributed by atoms with Gasteiger partial charge in [0.25, 0.3) is 0 Å². The Morgan fingerprint density at radius 1 is 0.432 bits per heavy atom. The van der Waals surface area contributed by atoms with E-state index in [4.69, 9.17) is 56.8 Å². The Labute approximate surface area is 719 Å². The fourth-order valence-electron chi connectivity index (χ4n) is 28.7. The van der Waals surface area contributed by atoms with Gasteiger partial charge in [-0.25, -0.2) is 0 Å². The first kappa shape index (κ1) is 103. The highest BCUT2D eigenvalue weighted by Gasteiger charge is 2.68. The predicted octanol–water partition coefficient (Wildman–Crippen LogP) is 21.9. The SMILES string of the molecule is C.C.C.C.C.C.C.C.CCC1OC(CC)C2C3OC(CC3C(C)(O)CC(=O)OC3(C(C)C)CCCC3)C12.CCC1OC(CC)C2C3OC(CC3CC(=O)OC3(CC)CC4CCC3C4)C12.CCC1OC(CC)C2C3OC(CC3CC(O)CC(=O)OC3(C)CC4CCC3C4)C12.CCC1OC(CC)C2C3OC(CC3CCC(=O)OC3(C)CCCC3)C12. The van der Waals surface area contributed by atoms with Crippen molar-refractivity contribution in [1.29, 1.82) is 0 Å². The van der Waals surface area contributed by atoms with Crippen LogP contribution in [0.15, 0.2) is 0 Å². The van der Waals surface area contributed by atoms with Crippen LogP contribution in [0.4, 0.5) is 0 Å². The topological polar surface area (TPSA) is 219 Å². The Bertz CT molecular complexity index is 3150. The molecule has 0 aromatic heterocycles. The number of carbonyl (C=O) groups is 4. The van der Waals surface area contributed by atoms with Crippen LogP contribution in [0.3, 0.4) is 0 Å². The van der Waals surface area contributed by atoms with E-state index in [1.807, 2.05) is 6.92 Å². The Kier molecular flexibility index (Phi) is 36.1. The normalized spacial score (nSPS) is 44.2. The average molecular weight is 1670 g/mol. The zero-order valence-electron chi connectivity index (χ0n) is 70.3. The van der Waals surface area contributed by atoms with Crippen molar-refractivity contribution >= 4 is 23.9 Å². The lowest BCUT2D eigenvalue weighted by atomic mass is 9.66. The first-order chi connectivity index (χ1) is 52.8. The van der Waals surface area contributed by atoms with Crippen LogP contribution >= 0.6 is 0 Å². The molecule has 18 aliphatic rings. The van der Waals surface area contributed by atoms with Gasteiger partial charge in [-0.3, -0.25) is 19.2 Å². The smallest absolute Gasteiger partial charge is 0.309 e.